The molecular formula is C17H19NO2. The maximum Gasteiger partial charge on any atom is 0.255 e. The average molecular weight is 269 g/mol. The molecule has 104 valence electrons. The fourth-order valence-electron chi connectivity index (χ4n) is 2.02. The standard InChI is InChI=1S/C17H19NO2/c1-4-13-5-7-14(8-6-13)17(20)18-15-9-12(3)16(19)10-11(15)2/h5-10,19H,4H2,1-3H3,(H,18,20). The van der Waals surface area contributed by atoms with Gasteiger partial charge in [-0.1, -0.05) is 19.1 Å². The topological polar surface area (TPSA) is 49.3 Å². The molecule has 0 aliphatic heterocycles. The largest absolute Gasteiger partial charge is 0.508 e. The number of phenols is 1. The number of amides is 1. The monoisotopic (exact) mass is 269 g/mol. The molecule has 0 unspecified atom stereocenters. The van der Waals surface area contributed by atoms with Crippen LogP contribution in [-0.4, -0.2) is 11.0 Å². The number of hydrogen-bond acceptors (Lipinski definition) is 2. The van der Waals surface area contributed by atoms with E-state index in [1.807, 2.05) is 31.2 Å². The van der Waals surface area contributed by atoms with Crippen LogP contribution >= 0.6 is 0 Å². The first-order valence-corrected chi connectivity index (χ1v) is 6.71. The molecule has 2 N–H and O–H groups in total. The molecule has 0 radical (unpaired) electrons. The lowest BCUT2D eigenvalue weighted by Crippen LogP contribution is -2.12. The Labute approximate surface area is 119 Å². The molecule has 0 saturated heterocycles. The van der Waals surface area contributed by atoms with Gasteiger partial charge >= 0.3 is 0 Å². The molecule has 1 amide bonds. The van der Waals surface area contributed by atoms with Gasteiger partial charge in [0.15, 0.2) is 0 Å². The summed E-state index contributed by atoms with van der Waals surface area (Å²) in [7, 11) is 0. The number of aromatic hydroxyl groups is 1. The second-order valence-corrected chi connectivity index (χ2v) is 4.96. The minimum atomic E-state index is -0.138. The maximum absolute atomic E-state index is 12.2. The van der Waals surface area contributed by atoms with E-state index in [2.05, 4.69) is 12.2 Å². The second-order valence-electron chi connectivity index (χ2n) is 4.96. The van der Waals surface area contributed by atoms with E-state index in [1.54, 1.807) is 19.1 Å². The Kier molecular flexibility index (Phi) is 4.08. The molecule has 0 aromatic heterocycles. The van der Waals surface area contributed by atoms with Crippen molar-refractivity contribution >= 4 is 11.6 Å². The normalized spacial score (nSPS) is 10.3. The van der Waals surface area contributed by atoms with E-state index in [4.69, 9.17) is 0 Å². The number of aryl methyl sites for hydroxylation is 3. The SMILES string of the molecule is CCc1ccc(C(=O)Nc2cc(C)c(O)cc2C)cc1. The Bertz CT molecular complexity index is 630. The lowest BCUT2D eigenvalue weighted by atomic mass is 10.1. The van der Waals surface area contributed by atoms with Crippen molar-refractivity contribution in [3.63, 3.8) is 0 Å². The van der Waals surface area contributed by atoms with Crippen LogP contribution in [0, 0.1) is 13.8 Å². The van der Waals surface area contributed by atoms with E-state index >= 15 is 0 Å². The number of carbonyl (C=O) groups is 1. The fourth-order valence-corrected chi connectivity index (χ4v) is 2.02. The van der Waals surface area contributed by atoms with E-state index in [9.17, 15) is 9.90 Å². The van der Waals surface area contributed by atoms with Crippen molar-refractivity contribution in [2.75, 3.05) is 5.32 Å². The van der Waals surface area contributed by atoms with E-state index in [1.165, 1.54) is 5.56 Å². The van der Waals surface area contributed by atoms with Gasteiger partial charge in [0.1, 0.15) is 5.75 Å². The van der Waals surface area contributed by atoms with Crippen LogP contribution in [0.2, 0.25) is 0 Å². The summed E-state index contributed by atoms with van der Waals surface area (Å²) in [4.78, 5) is 12.2. The maximum atomic E-state index is 12.2. The predicted octanol–water partition coefficient (Wildman–Crippen LogP) is 3.82. The molecule has 0 bridgehead atoms. The number of rotatable bonds is 3. The molecule has 0 aliphatic rings. The minimum absolute atomic E-state index is 0.138. The van der Waals surface area contributed by atoms with Crippen LogP contribution in [0.25, 0.3) is 0 Å². The highest BCUT2D eigenvalue weighted by molar-refractivity contribution is 6.04. The molecule has 3 nitrogen and oxygen atoms in total. The zero-order valence-corrected chi connectivity index (χ0v) is 12.0. The number of phenolic OH excluding ortho intramolecular Hbond substituents is 1. The van der Waals surface area contributed by atoms with Gasteiger partial charge in [-0.2, -0.15) is 0 Å². The van der Waals surface area contributed by atoms with Gasteiger partial charge in [0, 0.05) is 11.3 Å². The third-order valence-corrected chi connectivity index (χ3v) is 3.42. The third kappa shape index (κ3) is 2.99. The summed E-state index contributed by atoms with van der Waals surface area (Å²) in [6.45, 7) is 5.74. The Morgan fingerprint density at radius 3 is 2.35 bits per heavy atom. The van der Waals surface area contributed by atoms with Gasteiger partial charge in [-0.25, -0.2) is 0 Å². The van der Waals surface area contributed by atoms with Crippen LogP contribution < -0.4 is 5.32 Å². The fraction of sp³-hybridized carbons (Fsp3) is 0.235. The Hall–Kier alpha value is -2.29. The van der Waals surface area contributed by atoms with Crippen molar-refractivity contribution in [3.8, 4) is 5.75 Å². The van der Waals surface area contributed by atoms with Gasteiger partial charge in [-0.3, -0.25) is 4.79 Å². The van der Waals surface area contributed by atoms with Crippen LogP contribution in [0.1, 0.15) is 34.0 Å². The summed E-state index contributed by atoms with van der Waals surface area (Å²) in [5, 5.41) is 12.5. The molecule has 2 aromatic carbocycles. The molecule has 2 aromatic rings. The summed E-state index contributed by atoms with van der Waals surface area (Å²) in [5.41, 5.74) is 4.15. The highest BCUT2D eigenvalue weighted by Crippen LogP contribution is 2.25. The Morgan fingerprint density at radius 2 is 1.75 bits per heavy atom. The quantitative estimate of drug-likeness (QED) is 0.832. The van der Waals surface area contributed by atoms with Crippen molar-refractivity contribution in [1.82, 2.24) is 0 Å². The zero-order valence-electron chi connectivity index (χ0n) is 12.0. The van der Waals surface area contributed by atoms with Crippen LogP contribution in [0.4, 0.5) is 5.69 Å². The van der Waals surface area contributed by atoms with Gasteiger partial charge in [0.2, 0.25) is 0 Å². The van der Waals surface area contributed by atoms with Crippen LogP contribution in [-0.2, 0) is 6.42 Å². The number of carbonyl (C=O) groups excluding carboxylic acids is 1. The van der Waals surface area contributed by atoms with Crippen molar-refractivity contribution < 1.29 is 9.90 Å². The van der Waals surface area contributed by atoms with Gasteiger partial charge in [-0.15, -0.1) is 0 Å². The lowest BCUT2D eigenvalue weighted by Gasteiger charge is -2.11. The summed E-state index contributed by atoms with van der Waals surface area (Å²) >= 11 is 0. The molecule has 0 fully saturated rings. The lowest BCUT2D eigenvalue weighted by molar-refractivity contribution is 0.102. The first kappa shape index (κ1) is 14.1. The number of benzene rings is 2. The third-order valence-electron chi connectivity index (χ3n) is 3.42. The van der Waals surface area contributed by atoms with Crippen molar-refractivity contribution in [2.24, 2.45) is 0 Å². The van der Waals surface area contributed by atoms with Crippen molar-refractivity contribution in [2.45, 2.75) is 27.2 Å². The molecule has 0 atom stereocenters. The highest BCUT2D eigenvalue weighted by Gasteiger charge is 2.09. The molecule has 0 aliphatic carbocycles. The number of anilines is 1. The van der Waals surface area contributed by atoms with E-state index in [0.29, 0.717) is 5.56 Å². The highest BCUT2D eigenvalue weighted by atomic mass is 16.3. The second kappa shape index (κ2) is 5.78. The summed E-state index contributed by atoms with van der Waals surface area (Å²) < 4.78 is 0. The zero-order chi connectivity index (χ0) is 14.7. The van der Waals surface area contributed by atoms with Crippen LogP contribution in [0.3, 0.4) is 0 Å². The van der Waals surface area contributed by atoms with E-state index in [-0.39, 0.29) is 11.7 Å². The smallest absolute Gasteiger partial charge is 0.255 e. The van der Waals surface area contributed by atoms with Crippen LogP contribution in [0.5, 0.6) is 5.75 Å². The van der Waals surface area contributed by atoms with Crippen molar-refractivity contribution in [3.05, 3.63) is 58.7 Å². The van der Waals surface area contributed by atoms with Gasteiger partial charge in [-0.05, 0) is 61.2 Å². The molecule has 20 heavy (non-hydrogen) atoms. The average Bonchev–Trinajstić information content (AvgIpc) is 2.44. The minimum Gasteiger partial charge on any atom is -0.508 e. The summed E-state index contributed by atoms with van der Waals surface area (Å²) in [6.07, 6.45) is 0.957. The van der Waals surface area contributed by atoms with E-state index < -0.39 is 0 Å². The summed E-state index contributed by atoms with van der Waals surface area (Å²) in [5.74, 6) is 0.105. The van der Waals surface area contributed by atoms with Gasteiger partial charge < -0.3 is 10.4 Å². The molecular weight excluding hydrogens is 250 g/mol. The van der Waals surface area contributed by atoms with Gasteiger partial charge in [0.05, 0.1) is 0 Å². The molecule has 2 rings (SSSR count). The predicted molar refractivity (Wildman–Crippen MR) is 81.4 cm³/mol. The molecule has 0 saturated carbocycles. The van der Waals surface area contributed by atoms with Gasteiger partial charge in [0.25, 0.3) is 5.91 Å². The van der Waals surface area contributed by atoms with Crippen LogP contribution in [0.15, 0.2) is 36.4 Å². The number of hydrogen-bond donors (Lipinski definition) is 2. The molecule has 3 heteroatoms. The molecule has 0 spiro atoms. The molecule has 0 heterocycles. The van der Waals surface area contributed by atoms with Crippen molar-refractivity contribution in [1.29, 1.82) is 0 Å². The summed E-state index contributed by atoms with van der Waals surface area (Å²) in [6, 6.07) is 11.0. The number of nitrogens with one attached hydrogen (secondary N) is 1. The Morgan fingerprint density at radius 1 is 1.10 bits per heavy atom. The first-order valence-electron chi connectivity index (χ1n) is 6.71. The van der Waals surface area contributed by atoms with E-state index in [0.717, 1.165) is 23.2 Å². The first-order chi connectivity index (χ1) is 9.51. The Balaban J connectivity index is 2.20.